The average molecular weight is 742 g/mol. The molecule has 0 bridgehead atoms. The molecular weight excluding hydrogens is 699 g/mol. The van der Waals surface area contributed by atoms with Crippen LogP contribution in [-0.2, 0) is 29.7 Å². The number of fused-ring (bicyclic) bond motifs is 1. The largest absolute Gasteiger partial charge is 0.481 e. The van der Waals surface area contributed by atoms with Crippen LogP contribution in [0.5, 0.6) is 5.88 Å². The second-order valence-electron chi connectivity index (χ2n) is 13.6. The van der Waals surface area contributed by atoms with Crippen LogP contribution in [0.15, 0.2) is 61.1 Å². The monoisotopic (exact) mass is 740 g/mol. The molecule has 5 aromatic rings. The van der Waals surface area contributed by atoms with Gasteiger partial charge in [0.15, 0.2) is 0 Å². The number of carbonyl (C=O) groups is 2. The molecular formula is C39H42Cl2N8O3. The van der Waals surface area contributed by atoms with Gasteiger partial charge in [-0.15, -0.1) is 0 Å². The number of methoxy groups -OCH3 is 1. The van der Waals surface area contributed by atoms with Crippen LogP contribution in [0.1, 0.15) is 43.7 Å². The molecule has 0 unspecified atom stereocenters. The van der Waals surface area contributed by atoms with E-state index >= 15 is 0 Å². The predicted octanol–water partition coefficient (Wildman–Crippen LogP) is 6.15. The SMILES string of the molecule is COc1nc(-c2cccc(-c3ccnc(-c4cnc5c(CN6CCC(NC(C)=O)CC6)cn(C)c5c4)c3Cl)c2Cl)ccc1CNC[C@@H]1CCC(=O)N1. The highest BCUT2D eigenvalue weighted by Crippen LogP contribution is 2.42. The van der Waals surface area contributed by atoms with E-state index in [1.807, 2.05) is 49.6 Å². The third-order valence-electron chi connectivity index (χ3n) is 9.94. The van der Waals surface area contributed by atoms with Crippen LogP contribution in [0.3, 0.4) is 0 Å². The third-order valence-corrected chi connectivity index (χ3v) is 10.7. The fraction of sp³-hybridized carbons (Fsp3) is 0.359. The van der Waals surface area contributed by atoms with Gasteiger partial charge >= 0.3 is 0 Å². The van der Waals surface area contributed by atoms with Crippen molar-refractivity contribution in [1.29, 1.82) is 0 Å². The minimum Gasteiger partial charge on any atom is -0.481 e. The Morgan fingerprint density at radius 1 is 1.02 bits per heavy atom. The number of likely N-dealkylation sites (tertiary alicyclic amines) is 1. The number of pyridine rings is 3. The van der Waals surface area contributed by atoms with Crippen molar-refractivity contribution in [3.05, 3.63) is 82.2 Å². The highest BCUT2D eigenvalue weighted by Gasteiger charge is 2.23. The summed E-state index contributed by atoms with van der Waals surface area (Å²) in [5.74, 6) is 0.634. The van der Waals surface area contributed by atoms with Gasteiger partial charge in [-0.05, 0) is 37.5 Å². The lowest BCUT2D eigenvalue weighted by atomic mass is 9.99. The normalized spacial score (nSPS) is 16.7. The first kappa shape index (κ1) is 35.8. The molecule has 3 N–H and O–H groups in total. The number of rotatable bonds is 11. The molecule has 0 saturated carbocycles. The van der Waals surface area contributed by atoms with Crippen LogP contribution in [0.2, 0.25) is 10.0 Å². The molecule has 11 nitrogen and oxygen atoms in total. The van der Waals surface area contributed by atoms with Crippen LogP contribution < -0.4 is 20.7 Å². The summed E-state index contributed by atoms with van der Waals surface area (Å²) in [6.45, 7) is 5.44. The fourth-order valence-corrected chi connectivity index (χ4v) is 7.92. The molecule has 1 aromatic carbocycles. The Morgan fingerprint density at radius 3 is 2.56 bits per heavy atom. The lowest BCUT2D eigenvalue weighted by molar-refractivity contribution is -0.120. The number of hydrogen-bond acceptors (Lipinski definition) is 8. The van der Waals surface area contributed by atoms with E-state index < -0.39 is 0 Å². The summed E-state index contributed by atoms with van der Waals surface area (Å²) >= 11 is 14.3. The van der Waals surface area contributed by atoms with Crippen molar-refractivity contribution in [3.8, 4) is 39.5 Å². The molecule has 0 aliphatic carbocycles. The maximum absolute atomic E-state index is 11.5. The van der Waals surface area contributed by atoms with Gasteiger partial charge in [-0.3, -0.25) is 24.5 Å². The zero-order chi connectivity index (χ0) is 36.4. The Labute approximate surface area is 313 Å². The molecule has 2 saturated heterocycles. The van der Waals surface area contributed by atoms with Gasteiger partial charge in [0, 0.05) is 117 Å². The van der Waals surface area contributed by atoms with Crippen LogP contribution in [-0.4, -0.2) is 75.1 Å². The number of halogens is 2. The van der Waals surface area contributed by atoms with Crippen molar-refractivity contribution < 1.29 is 14.3 Å². The minimum absolute atomic E-state index is 0.0301. The number of piperidine rings is 1. The molecule has 1 atom stereocenters. The second kappa shape index (κ2) is 15.6. The summed E-state index contributed by atoms with van der Waals surface area (Å²) in [5.41, 5.74) is 8.37. The van der Waals surface area contributed by atoms with E-state index in [9.17, 15) is 9.59 Å². The van der Waals surface area contributed by atoms with E-state index in [1.54, 1.807) is 20.2 Å². The number of benzene rings is 1. The molecule has 0 radical (unpaired) electrons. The third kappa shape index (κ3) is 7.64. The van der Waals surface area contributed by atoms with Crippen LogP contribution in [0, 0.1) is 0 Å². The van der Waals surface area contributed by atoms with E-state index in [2.05, 4.69) is 42.7 Å². The number of nitrogens with zero attached hydrogens (tertiary/aromatic N) is 5. The maximum atomic E-state index is 11.5. The number of nitrogens with one attached hydrogen (secondary N) is 3. The lowest BCUT2D eigenvalue weighted by Gasteiger charge is -2.31. The van der Waals surface area contributed by atoms with Crippen LogP contribution in [0.25, 0.3) is 44.7 Å². The van der Waals surface area contributed by atoms with Gasteiger partial charge in [-0.2, -0.15) is 0 Å². The molecule has 2 aliphatic rings. The zero-order valence-electron chi connectivity index (χ0n) is 29.5. The number of carbonyl (C=O) groups excluding carboxylic acids is 2. The highest BCUT2D eigenvalue weighted by atomic mass is 35.5. The number of ether oxygens (including phenoxy) is 1. The standard InChI is InChI=1S/C39H42Cl2N8O3/c1-23(50)45-27-12-15-49(16-13-27)22-26-21-48(2)33-17-25(19-44-37(26)33)38-36(41)30(11-14-43-38)29-5-4-6-31(35(29)40)32-9-7-24(39(47-32)52-3)18-42-20-28-8-10-34(51)46-28/h4-7,9,11,14,17,19,21,27-28,42H,8,10,12-13,15-16,18,20,22H2,1-3H3,(H,45,50)(H,46,51)/t28-/m0/s1. The van der Waals surface area contributed by atoms with E-state index in [1.165, 1.54) is 0 Å². The minimum atomic E-state index is 0.0301. The summed E-state index contributed by atoms with van der Waals surface area (Å²) in [4.78, 5) is 39.8. The van der Waals surface area contributed by atoms with Gasteiger partial charge in [-0.1, -0.05) is 47.5 Å². The van der Waals surface area contributed by atoms with Crippen molar-refractivity contribution >= 4 is 46.0 Å². The summed E-state index contributed by atoms with van der Waals surface area (Å²) in [6, 6.07) is 14.1. The summed E-state index contributed by atoms with van der Waals surface area (Å²) < 4.78 is 7.76. The molecule has 6 heterocycles. The van der Waals surface area contributed by atoms with Gasteiger partial charge < -0.3 is 25.3 Å². The van der Waals surface area contributed by atoms with E-state index in [4.69, 9.17) is 37.9 Å². The average Bonchev–Trinajstić information content (AvgIpc) is 3.70. The molecule has 2 aliphatic heterocycles. The van der Waals surface area contributed by atoms with Crippen molar-refractivity contribution in [3.63, 3.8) is 0 Å². The number of amides is 2. The quantitative estimate of drug-likeness (QED) is 0.147. The first-order valence-electron chi connectivity index (χ1n) is 17.6. The van der Waals surface area contributed by atoms with Crippen LogP contribution in [0.4, 0.5) is 0 Å². The van der Waals surface area contributed by atoms with E-state index in [0.29, 0.717) is 46.8 Å². The van der Waals surface area contributed by atoms with Gasteiger partial charge in [0.2, 0.25) is 17.7 Å². The maximum Gasteiger partial charge on any atom is 0.220 e. The van der Waals surface area contributed by atoms with E-state index in [-0.39, 0.29) is 23.9 Å². The van der Waals surface area contributed by atoms with Gasteiger partial charge in [0.1, 0.15) is 0 Å². The lowest BCUT2D eigenvalue weighted by Crippen LogP contribution is -2.43. The Morgan fingerprint density at radius 2 is 1.81 bits per heavy atom. The fourth-order valence-electron chi connectivity index (χ4n) is 7.28. The van der Waals surface area contributed by atoms with Gasteiger partial charge in [0.05, 0.1) is 39.6 Å². The Hall–Kier alpha value is -4.55. The van der Waals surface area contributed by atoms with E-state index in [0.717, 1.165) is 83.3 Å². The highest BCUT2D eigenvalue weighted by molar-refractivity contribution is 6.39. The summed E-state index contributed by atoms with van der Waals surface area (Å²) in [6.07, 6.45) is 9.00. The molecule has 52 heavy (non-hydrogen) atoms. The molecule has 0 spiro atoms. The number of aryl methyl sites for hydroxylation is 1. The number of aromatic nitrogens is 4. The molecule has 2 amide bonds. The molecule has 4 aromatic heterocycles. The molecule has 13 heteroatoms. The second-order valence-corrected chi connectivity index (χ2v) is 14.4. The summed E-state index contributed by atoms with van der Waals surface area (Å²) in [5, 5.41) is 10.4. The first-order valence-corrected chi connectivity index (χ1v) is 18.4. The topological polar surface area (TPSA) is 126 Å². The van der Waals surface area contributed by atoms with Gasteiger partial charge in [-0.25, -0.2) is 4.98 Å². The molecule has 2 fully saturated rings. The molecule has 270 valence electrons. The smallest absolute Gasteiger partial charge is 0.220 e. The van der Waals surface area contributed by atoms with Crippen molar-refractivity contribution in [2.24, 2.45) is 7.05 Å². The van der Waals surface area contributed by atoms with Crippen molar-refractivity contribution in [2.75, 3.05) is 26.7 Å². The Bertz CT molecular complexity index is 2130. The Balaban J connectivity index is 1.10. The number of hydrogen-bond donors (Lipinski definition) is 3. The molecule has 7 rings (SSSR count). The van der Waals surface area contributed by atoms with Crippen molar-refractivity contribution in [1.82, 2.24) is 40.4 Å². The summed E-state index contributed by atoms with van der Waals surface area (Å²) in [7, 11) is 3.63. The van der Waals surface area contributed by atoms with Gasteiger partial charge in [0.25, 0.3) is 0 Å². The predicted molar refractivity (Wildman–Crippen MR) is 204 cm³/mol. The Kier molecular flexibility index (Phi) is 10.7. The zero-order valence-corrected chi connectivity index (χ0v) is 31.0. The van der Waals surface area contributed by atoms with Crippen molar-refractivity contribution in [2.45, 2.75) is 57.8 Å². The van der Waals surface area contributed by atoms with Crippen LogP contribution >= 0.6 is 23.2 Å². The first-order chi connectivity index (χ1) is 25.2.